The number of benzene rings is 8. The van der Waals surface area contributed by atoms with E-state index in [0.29, 0.717) is 0 Å². The van der Waals surface area contributed by atoms with Crippen LogP contribution in [-0.4, -0.2) is 9.13 Å². The number of hydrogen-bond acceptors (Lipinski definition) is 0. The average Bonchev–Trinajstić information content (AvgIpc) is 3.73. The van der Waals surface area contributed by atoms with Crippen molar-refractivity contribution >= 4 is 49.7 Å². The molecule has 52 heavy (non-hydrogen) atoms. The Kier molecular flexibility index (Phi) is 7.00. The fourth-order valence-corrected chi connectivity index (χ4v) is 7.94. The van der Waals surface area contributed by atoms with Gasteiger partial charge in [0.25, 0.3) is 0 Å². The van der Waals surface area contributed by atoms with E-state index in [1.165, 1.54) is 77.0 Å². The minimum absolute atomic E-state index is 1.11. The molecule has 0 fully saturated rings. The van der Waals surface area contributed by atoms with Crippen molar-refractivity contribution in [3.8, 4) is 44.8 Å². The third-order valence-electron chi connectivity index (χ3n) is 10.5. The van der Waals surface area contributed by atoms with Crippen molar-refractivity contribution in [3.63, 3.8) is 0 Å². The largest absolute Gasteiger partial charge is 0.309 e. The zero-order valence-electron chi connectivity index (χ0n) is 28.6. The van der Waals surface area contributed by atoms with Crippen molar-refractivity contribution in [2.24, 2.45) is 0 Å². The highest BCUT2D eigenvalue weighted by Crippen LogP contribution is 2.39. The summed E-state index contributed by atoms with van der Waals surface area (Å²) >= 11 is 0. The van der Waals surface area contributed by atoms with Crippen molar-refractivity contribution in [3.05, 3.63) is 200 Å². The Labute approximate surface area is 302 Å². The van der Waals surface area contributed by atoms with Crippen molar-refractivity contribution in [1.82, 2.24) is 9.13 Å². The summed E-state index contributed by atoms with van der Waals surface area (Å²) in [6.07, 6.45) is 1.93. The lowest BCUT2D eigenvalue weighted by Gasteiger charge is -2.11. The fourth-order valence-electron chi connectivity index (χ4n) is 7.94. The van der Waals surface area contributed by atoms with Crippen LogP contribution in [0.15, 0.2) is 195 Å². The van der Waals surface area contributed by atoms with Crippen LogP contribution in [0.25, 0.3) is 94.4 Å². The summed E-state index contributed by atoms with van der Waals surface area (Å²) in [7, 11) is 0. The number of rotatable bonds is 6. The molecular formula is C50H34N2. The topological polar surface area (TPSA) is 9.86 Å². The number of para-hydroxylation sites is 1. The summed E-state index contributed by atoms with van der Waals surface area (Å²) in [4.78, 5) is 0. The molecule has 0 N–H and O–H groups in total. The van der Waals surface area contributed by atoms with Gasteiger partial charge in [0.1, 0.15) is 0 Å². The Morgan fingerprint density at radius 2 is 0.769 bits per heavy atom. The predicted octanol–water partition coefficient (Wildman–Crippen LogP) is 13.5. The van der Waals surface area contributed by atoms with Gasteiger partial charge >= 0.3 is 0 Å². The SMILES string of the molecule is C=Cc1ccc2c(c1)c1cc(-c3ccc4c(c3)c3ccccc3n4-c3cccc(-c4ccccc4)c3)ccc1n2-c1ccc(-c2ccccc2)cc1. The average molecular weight is 663 g/mol. The molecule has 2 heterocycles. The fraction of sp³-hybridized carbons (Fsp3) is 0. The minimum atomic E-state index is 1.11. The van der Waals surface area contributed by atoms with E-state index in [-0.39, 0.29) is 0 Å². The van der Waals surface area contributed by atoms with Crippen LogP contribution in [0.3, 0.4) is 0 Å². The molecule has 0 saturated heterocycles. The molecule has 0 radical (unpaired) electrons. The molecule has 0 aliphatic heterocycles. The van der Waals surface area contributed by atoms with Crippen molar-refractivity contribution < 1.29 is 0 Å². The summed E-state index contributed by atoms with van der Waals surface area (Å²) in [5, 5.41) is 4.94. The first-order chi connectivity index (χ1) is 25.7. The van der Waals surface area contributed by atoms with E-state index in [9.17, 15) is 0 Å². The molecule has 10 rings (SSSR count). The molecule has 10 aromatic rings. The molecule has 244 valence electrons. The number of fused-ring (bicyclic) bond motifs is 6. The number of aromatic nitrogens is 2. The van der Waals surface area contributed by atoms with Gasteiger partial charge in [-0.25, -0.2) is 0 Å². The Bertz CT molecular complexity index is 2940. The van der Waals surface area contributed by atoms with Crippen LogP contribution in [0.5, 0.6) is 0 Å². The molecule has 0 spiro atoms. The van der Waals surface area contributed by atoms with E-state index in [1.807, 2.05) is 6.08 Å². The molecule has 0 saturated carbocycles. The van der Waals surface area contributed by atoms with Crippen LogP contribution in [0, 0.1) is 0 Å². The van der Waals surface area contributed by atoms with Crippen LogP contribution < -0.4 is 0 Å². The summed E-state index contributed by atoms with van der Waals surface area (Å²) in [6.45, 7) is 4.08. The van der Waals surface area contributed by atoms with E-state index in [4.69, 9.17) is 0 Å². The molecule has 0 atom stereocenters. The van der Waals surface area contributed by atoms with Crippen LogP contribution in [0.4, 0.5) is 0 Å². The van der Waals surface area contributed by atoms with Gasteiger partial charge in [0.15, 0.2) is 0 Å². The van der Waals surface area contributed by atoms with E-state index < -0.39 is 0 Å². The second-order valence-electron chi connectivity index (χ2n) is 13.5. The molecule has 2 nitrogen and oxygen atoms in total. The first-order valence-corrected chi connectivity index (χ1v) is 17.8. The molecule has 0 aliphatic rings. The summed E-state index contributed by atoms with van der Waals surface area (Å²) < 4.78 is 4.79. The van der Waals surface area contributed by atoms with Crippen molar-refractivity contribution in [2.45, 2.75) is 0 Å². The quantitative estimate of drug-likeness (QED) is 0.168. The van der Waals surface area contributed by atoms with Crippen molar-refractivity contribution in [2.75, 3.05) is 0 Å². The first-order valence-electron chi connectivity index (χ1n) is 17.8. The molecule has 2 heteroatoms. The van der Waals surface area contributed by atoms with Gasteiger partial charge < -0.3 is 9.13 Å². The maximum absolute atomic E-state index is 4.08. The lowest BCUT2D eigenvalue weighted by atomic mass is 10.00. The molecule has 8 aromatic carbocycles. The lowest BCUT2D eigenvalue weighted by molar-refractivity contribution is 1.18. The Balaban J connectivity index is 1.12. The third kappa shape index (κ3) is 4.88. The minimum Gasteiger partial charge on any atom is -0.309 e. The summed E-state index contributed by atoms with van der Waals surface area (Å²) in [6, 6.07) is 68.2. The smallest absolute Gasteiger partial charge is 0.0541 e. The first kappa shape index (κ1) is 30.0. The van der Waals surface area contributed by atoms with Crippen LogP contribution in [0.2, 0.25) is 0 Å². The summed E-state index contributed by atoms with van der Waals surface area (Å²) in [5.41, 5.74) is 15.4. The van der Waals surface area contributed by atoms with Gasteiger partial charge in [0.2, 0.25) is 0 Å². The number of nitrogens with zero attached hydrogens (tertiary/aromatic N) is 2. The van der Waals surface area contributed by atoms with Gasteiger partial charge in [0, 0.05) is 32.9 Å². The van der Waals surface area contributed by atoms with E-state index in [0.717, 1.165) is 16.9 Å². The highest BCUT2D eigenvalue weighted by atomic mass is 15.0. The van der Waals surface area contributed by atoms with Gasteiger partial charge in [-0.1, -0.05) is 134 Å². The summed E-state index contributed by atoms with van der Waals surface area (Å²) in [5.74, 6) is 0. The van der Waals surface area contributed by atoms with Crippen molar-refractivity contribution in [1.29, 1.82) is 0 Å². The highest BCUT2D eigenvalue weighted by Gasteiger charge is 2.17. The molecule has 2 aromatic heterocycles. The van der Waals surface area contributed by atoms with Gasteiger partial charge in [-0.3, -0.25) is 0 Å². The highest BCUT2D eigenvalue weighted by molar-refractivity contribution is 6.13. The van der Waals surface area contributed by atoms with Crippen LogP contribution in [0.1, 0.15) is 5.56 Å². The monoisotopic (exact) mass is 662 g/mol. The normalized spacial score (nSPS) is 11.5. The van der Waals surface area contributed by atoms with E-state index in [2.05, 4.69) is 204 Å². The maximum atomic E-state index is 4.08. The van der Waals surface area contributed by atoms with E-state index >= 15 is 0 Å². The molecule has 0 bridgehead atoms. The van der Waals surface area contributed by atoms with Gasteiger partial charge in [-0.15, -0.1) is 0 Å². The zero-order valence-corrected chi connectivity index (χ0v) is 28.6. The van der Waals surface area contributed by atoms with Gasteiger partial charge in [0.05, 0.1) is 22.1 Å². The van der Waals surface area contributed by atoms with E-state index in [1.54, 1.807) is 0 Å². The zero-order chi connectivity index (χ0) is 34.6. The number of hydrogen-bond donors (Lipinski definition) is 0. The molecular weight excluding hydrogens is 629 g/mol. The second-order valence-corrected chi connectivity index (χ2v) is 13.5. The molecule has 0 aliphatic carbocycles. The lowest BCUT2D eigenvalue weighted by Crippen LogP contribution is -1.94. The second kappa shape index (κ2) is 12.2. The Morgan fingerprint density at radius 3 is 1.44 bits per heavy atom. The molecule has 0 unspecified atom stereocenters. The third-order valence-corrected chi connectivity index (χ3v) is 10.5. The maximum Gasteiger partial charge on any atom is 0.0541 e. The predicted molar refractivity (Wildman–Crippen MR) is 222 cm³/mol. The Hall–Kier alpha value is -6.90. The van der Waals surface area contributed by atoms with Crippen LogP contribution >= 0.6 is 0 Å². The van der Waals surface area contributed by atoms with Gasteiger partial charge in [-0.05, 0) is 106 Å². The Morgan fingerprint density at radius 1 is 0.308 bits per heavy atom. The molecule has 0 amide bonds. The standard InChI is InChI=1S/C50H34N2/c1-2-34-20-27-48-44(30-34)46-33-40(24-29-50(46)51(48)41-25-21-37(22-26-41)35-12-5-3-6-13-35)39-23-28-49-45(32-39)43-18-9-10-19-47(43)52(49)42-17-11-16-38(31-42)36-14-7-4-8-15-36/h2-33H,1H2. The van der Waals surface area contributed by atoms with Crippen LogP contribution in [-0.2, 0) is 0 Å². The van der Waals surface area contributed by atoms with Gasteiger partial charge in [-0.2, -0.15) is 0 Å².